The SMILES string of the molecule is CCCNC(=O)[C@@H](Cc1ccccc1)N(Cc1cccc(OC)c1)C(=O)CCSc1ccc(C)cc1. The molecule has 3 rings (SSSR count). The van der Waals surface area contributed by atoms with E-state index in [2.05, 4.69) is 36.5 Å². The highest BCUT2D eigenvalue weighted by atomic mass is 32.2. The highest BCUT2D eigenvalue weighted by Crippen LogP contribution is 2.22. The number of hydrogen-bond acceptors (Lipinski definition) is 4. The Kier molecular flexibility index (Phi) is 10.9. The molecule has 0 bridgehead atoms. The summed E-state index contributed by atoms with van der Waals surface area (Å²) >= 11 is 1.66. The maximum absolute atomic E-state index is 13.7. The molecule has 3 aromatic rings. The van der Waals surface area contributed by atoms with Gasteiger partial charge in [-0.15, -0.1) is 11.8 Å². The van der Waals surface area contributed by atoms with Crippen molar-refractivity contribution in [1.82, 2.24) is 10.2 Å². The first-order chi connectivity index (χ1) is 17.5. The summed E-state index contributed by atoms with van der Waals surface area (Å²) in [7, 11) is 1.63. The lowest BCUT2D eigenvalue weighted by molar-refractivity contribution is -0.141. The van der Waals surface area contributed by atoms with Crippen LogP contribution in [0.25, 0.3) is 0 Å². The topological polar surface area (TPSA) is 58.6 Å². The summed E-state index contributed by atoms with van der Waals surface area (Å²) in [6, 6.07) is 25.3. The lowest BCUT2D eigenvalue weighted by Gasteiger charge is -2.31. The molecule has 0 aromatic heterocycles. The van der Waals surface area contributed by atoms with Gasteiger partial charge in [0.15, 0.2) is 0 Å². The first kappa shape index (κ1) is 27.3. The van der Waals surface area contributed by atoms with Crippen molar-refractivity contribution in [2.45, 2.75) is 50.6 Å². The third-order valence-electron chi connectivity index (χ3n) is 5.91. The van der Waals surface area contributed by atoms with Crippen LogP contribution in [0.2, 0.25) is 0 Å². The van der Waals surface area contributed by atoms with Gasteiger partial charge >= 0.3 is 0 Å². The normalized spacial score (nSPS) is 11.5. The average Bonchev–Trinajstić information content (AvgIpc) is 2.91. The Morgan fingerprint density at radius 2 is 1.69 bits per heavy atom. The number of methoxy groups -OCH3 is 1. The van der Waals surface area contributed by atoms with Crippen LogP contribution in [0.4, 0.5) is 0 Å². The molecule has 0 aliphatic heterocycles. The molecule has 190 valence electrons. The van der Waals surface area contributed by atoms with Crippen LogP contribution in [0.15, 0.2) is 83.8 Å². The predicted octanol–water partition coefficient (Wildman–Crippen LogP) is 5.65. The van der Waals surface area contributed by atoms with Gasteiger partial charge in [-0.3, -0.25) is 9.59 Å². The van der Waals surface area contributed by atoms with Crippen molar-refractivity contribution >= 4 is 23.6 Å². The minimum atomic E-state index is -0.609. The van der Waals surface area contributed by atoms with Crippen LogP contribution in [0, 0.1) is 6.92 Å². The number of amides is 2. The van der Waals surface area contributed by atoms with E-state index in [-0.39, 0.29) is 11.8 Å². The monoisotopic (exact) mass is 504 g/mol. The quantitative estimate of drug-likeness (QED) is 0.306. The smallest absolute Gasteiger partial charge is 0.243 e. The lowest BCUT2D eigenvalue weighted by atomic mass is 10.0. The molecule has 0 heterocycles. The van der Waals surface area contributed by atoms with Gasteiger partial charge in [0.1, 0.15) is 11.8 Å². The summed E-state index contributed by atoms with van der Waals surface area (Å²) < 4.78 is 5.39. The molecule has 1 N–H and O–H groups in total. The molecule has 36 heavy (non-hydrogen) atoms. The molecule has 2 amide bonds. The van der Waals surface area contributed by atoms with Gasteiger partial charge in [-0.2, -0.15) is 0 Å². The third-order valence-corrected chi connectivity index (χ3v) is 6.93. The molecule has 0 saturated carbocycles. The molecule has 0 unspecified atom stereocenters. The Hall–Kier alpha value is -3.25. The van der Waals surface area contributed by atoms with Crippen molar-refractivity contribution in [2.24, 2.45) is 0 Å². The highest BCUT2D eigenvalue weighted by molar-refractivity contribution is 7.99. The van der Waals surface area contributed by atoms with Crippen molar-refractivity contribution in [1.29, 1.82) is 0 Å². The predicted molar refractivity (Wildman–Crippen MR) is 147 cm³/mol. The van der Waals surface area contributed by atoms with Gasteiger partial charge in [0, 0.05) is 36.6 Å². The van der Waals surface area contributed by atoms with Crippen LogP contribution in [-0.4, -0.2) is 42.2 Å². The molecule has 0 aliphatic rings. The van der Waals surface area contributed by atoms with Gasteiger partial charge in [0.25, 0.3) is 0 Å². The van der Waals surface area contributed by atoms with E-state index >= 15 is 0 Å². The molecule has 1 atom stereocenters. The summed E-state index contributed by atoms with van der Waals surface area (Å²) in [4.78, 5) is 29.9. The van der Waals surface area contributed by atoms with E-state index in [1.807, 2.05) is 61.5 Å². The molecular formula is C30H36N2O3S. The van der Waals surface area contributed by atoms with E-state index in [0.29, 0.717) is 31.7 Å². The zero-order valence-corrected chi connectivity index (χ0v) is 22.2. The van der Waals surface area contributed by atoms with Crippen LogP contribution >= 0.6 is 11.8 Å². The van der Waals surface area contributed by atoms with Crippen LogP contribution in [0.1, 0.15) is 36.5 Å². The second kappa shape index (κ2) is 14.3. The zero-order chi connectivity index (χ0) is 25.8. The molecular weight excluding hydrogens is 468 g/mol. The number of hydrogen-bond donors (Lipinski definition) is 1. The van der Waals surface area contributed by atoms with Gasteiger partial charge in [0.2, 0.25) is 11.8 Å². The summed E-state index contributed by atoms with van der Waals surface area (Å²) in [5.41, 5.74) is 3.16. The van der Waals surface area contributed by atoms with E-state index in [9.17, 15) is 9.59 Å². The number of benzene rings is 3. The van der Waals surface area contributed by atoms with Crippen LogP contribution < -0.4 is 10.1 Å². The maximum atomic E-state index is 13.7. The summed E-state index contributed by atoms with van der Waals surface area (Å²) in [6.07, 6.45) is 1.63. The van der Waals surface area contributed by atoms with Crippen molar-refractivity contribution in [3.8, 4) is 5.75 Å². The van der Waals surface area contributed by atoms with Crippen LogP contribution in [-0.2, 0) is 22.6 Å². The standard InChI is InChI=1S/C30H36N2O3S/c1-4-18-31-30(34)28(21-24-9-6-5-7-10-24)32(22-25-11-8-12-26(20-25)35-3)29(33)17-19-36-27-15-13-23(2)14-16-27/h5-16,20,28H,4,17-19,21-22H2,1-3H3,(H,31,34)/t28-/m1/s1. The second-order valence-corrected chi connectivity index (χ2v) is 9.95. The Morgan fingerprint density at radius 1 is 0.972 bits per heavy atom. The Morgan fingerprint density at radius 3 is 2.39 bits per heavy atom. The molecule has 0 spiro atoms. The molecule has 0 aliphatic carbocycles. The molecule has 6 heteroatoms. The van der Waals surface area contributed by atoms with Gasteiger partial charge in [0.05, 0.1) is 7.11 Å². The van der Waals surface area contributed by atoms with Gasteiger partial charge < -0.3 is 15.0 Å². The third kappa shape index (κ3) is 8.45. The fourth-order valence-electron chi connectivity index (χ4n) is 3.92. The van der Waals surface area contributed by atoms with Gasteiger partial charge in [-0.1, -0.05) is 67.1 Å². The average molecular weight is 505 g/mol. The molecule has 5 nitrogen and oxygen atoms in total. The van der Waals surface area contributed by atoms with Crippen molar-refractivity contribution in [3.63, 3.8) is 0 Å². The van der Waals surface area contributed by atoms with Crippen molar-refractivity contribution in [2.75, 3.05) is 19.4 Å². The minimum absolute atomic E-state index is 0.0370. The number of nitrogens with one attached hydrogen (secondary N) is 1. The Labute approximate surface area is 219 Å². The number of thioether (sulfide) groups is 1. The Bertz CT molecular complexity index is 1100. The number of aryl methyl sites for hydroxylation is 1. The molecule has 0 fully saturated rings. The zero-order valence-electron chi connectivity index (χ0n) is 21.4. The van der Waals surface area contributed by atoms with E-state index in [4.69, 9.17) is 4.74 Å². The molecule has 3 aromatic carbocycles. The van der Waals surface area contributed by atoms with Gasteiger partial charge in [-0.05, 0) is 48.7 Å². The van der Waals surface area contributed by atoms with E-state index in [1.54, 1.807) is 23.8 Å². The summed E-state index contributed by atoms with van der Waals surface area (Å²) in [5.74, 6) is 1.21. The van der Waals surface area contributed by atoms with Crippen molar-refractivity contribution < 1.29 is 14.3 Å². The highest BCUT2D eigenvalue weighted by Gasteiger charge is 2.30. The van der Waals surface area contributed by atoms with E-state index < -0.39 is 6.04 Å². The van der Waals surface area contributed by atoms with E-state index in [0.717, 1.165) is 28.2 Å². The number of nitrogens with zero attached hydrogens (tertiary/aromatic N) is 1. The number of ether oxygens (including phenoxy) is 1. The largest absolute Gasteiger partial charge is 0.497 e. The molecule has 0 saturated heterocycles. The molecule has 0 radical (unpaired) electrons. The summed E-state index contributed by atoms with van der Waals surface area (Å²) in [6.45, 7) is 5.00. The first-order valence-corrected chi connectivity index (χ1v) is 13.4. The van der Waals surface area contributed by atoms with Crippen LogP contribution in [0.3, 0.4) is 0 Å². The minimum Gasteiger partial charge on any atom is -0.497 e. The Balaban J connectivity index is 1.84. The first-order valence-electron chi connectivity index (χ1n) is 12.4. The maximum Gasteiger partial charge on any atom is 0.243 e. The summed E-state index contributed by atoms with van der Waals surface area (Å²) in [5, 5.41) is 3.02. The fourth-order valence-corrected chi connectivity index (χ4v) is 4.76. The van der Waals surface area contributed by atoms with Crippen LogP contribution in [0.5, 0.6) is 5.75 Å². The van der Waals surface area contributed by atoms with Gasteiger partial charge in [-0.25, -0.2) is 0 Å². The van der Waals surface area contributed by atoms with Crippen molar-refractivity contribution in [3.05, 3.63) is 95.6 Å². The number of carbonyl (C=O) groups is 2. The number of carbonyl (C=O) groups excluding carboxylic acids is 2. The second-order valence-electron chi connectivity index (χ2n) is 8.78. The fraction of sp³-hybridized carbons (Fsp3) is 0.333. The number of rotatable bonds is 13. The van der Waals surface area contributed by atoms with E-state index in [1.165, 1.54) is 5.56 Å². The lowest BCUT2D eigenvalue weighted by Crippen LogP contribution is -2.50.